The minimum Gasteiger partial charge on any atom is -0.487 e. The van der Waals surface area contributed by atoms with Crippen molar-refractivity contribution < 1.29 is 14.4 Å². The summed E-state index contributed by atoms with van der Waals surface area (Å²) in [5.74, 6) is 1.77. The highest BCUT2D eigenvalue weighted by molar-refractivity contribution is 5.98. The zero-order chi connectivity index (χ0) is 14.4. The number of Topliss-reactive ketones (excluding diaryl/α,β-unsaturated/α-hetero) is 1. The Labute approximate surface area is 121 Å². The zero-order valence-corrected chi connectivity index (χ0v) is 12.7. The minimum absolute atomic E-state index is 0.153. The lowest BCUT2D eigenvalue weighted by Crippen LogP contribution is -3.13. The van der Waals surface area contributed by atoms with E-state index >= 15 is 0 Å². The van der Waals surface area contributed by atoms with Crippen molar-refractivity contribution in [2.24, 2.45) is 5.92 Å². The topological polar surface area (TPSA) is 30.7 Å². The molecule has 0 spiro atoms. The van der Waals surface area contributed by atoms with Crippen LogP contribution in [0.2, 0.25) is 0 Å². The molecule has 0 amide bonds. The number of para-hydroxylation sites is 1. The number of rotatable bonds is 6. The van der Waals surface area contributed by atoms with Gasteiger partial charge in [0.15, 0.2) is 5.78 Å². The highest BCUT2D eigenvalue weighted by Crippen LogP contribution is 2.19. The maximum Gasteiger partial charge on any atom is 0.166 e. The summed E-state index contributed by atoms with van der Waals surface area (Å²) in [7, 11) is 0. The molecule has 0 aromatic heterocycles. The molecule has 0 unspecified atom stereocenters. The van der Waals surface area contributed by atoms with Crippen LogP contribution in [0.3, 0.4) is 0 Å². The number of carbonyl (C=O) groups is 1. The second kappa shape index (κ2) is 7.44. The van der Waals surface area contributed by atoms with Gasteiger partial charge in [0.2, 0.25) is 0 Å². The number of nitrogens with one attached hydrogen (secondary N) is 1. The highest BCUT2D eigenvalue weighted by atomic mass is 16.5. The van der Waals surface area contributed by atoms with Crippen LogP contribution >= 0.6 is 0 Å². The lowest BCUT2D eigenvalue weighted by atomic mass is 9.99. The van der Waals surface area contributed by atoms with Gasteiger partial charge < -0.3 is 9.64 Å². The molecule has 1 saturated heterocycles. The van der Waals surface area contributed by atoms with Gasteiger partial charge in [-0.1, -0.05) is 26.0 Å². The molecule has 1 fully saturated rings. The summed E-state index contributed by atoms with van der Waals surface area (Å²) in [5, 5.41) is 0. The van der Waals surface area contributed by atoms with Crippen LogP contribution in [-0.4, -0.2) is 32.0 Å². The third-order valence-electron chi connectivity index (χ3n) is 4.20. The molecule has 2 rings (SSSR count). The number of benzene rings is 1. The molecule has 1 aliphatic heterocycles. The maximum atomic E-state index is 11.8. The average Bonchev–Trinajstić information content (AvgIpc) is 2.49. The van der Waals surface area contributed by atoms with Crippen LogP contribution in [0.25, 0.3) is 0 Å². The molecule has 0 radical (unpaired) electrons. The molecule has 1 heterocycles. The first kappa shape index (κ1) is 15.0. The molecule has 1 N–H and O–H groups in total. The Kier molecular flexibility index (Phi) is 5.60. The Balaban J connectivity index is 1.83. The predicted octanol–water partition coefficient (Wildman–Crippen LogP) is 1.97. The largest absolute Gasteiger partial charge is 0.487 e. The first-order valence-electron chi connectivity index (χ1n) is 7.79. The van der Waals surface area contributed by atoms with Crippen molar-refractivity contribution >= 4 is 5.78 Å². The summed E-state index contributed by atoms with van der Waals surface area (Å²) >= 11 is 0. The molecule has 1 aliphatic rings. The third-order valence-corrected chi connectivity index (χ3v) is 4.20. The van der Waals surface area contributed by atoms with E-state index in [1.165, 1.54) is 25.9 Å². The Morgan fingerprint density at radius 2 is 2.00 bits per heavy atom. The van der Waals surface area contributed by atoms with Crippen LogP contribution in [0.15, 0.2) is 24.3 Å². The molecule has 3 heteroatoms. The normalized spacial score (nSPS) is 22.5. The molecule has 0 saturated carbocycles. The zero-order valence-electron chi connectivity index (χ0n) is 12.7. The van der Waals surface area contributed by atoms with Gasteiger partial charge in [-0.05, 0) is 30.9 Å². The molecule has 0 aliphatic carbocycles. The predicted molar refractivity (Wildman–Crippen MR) is 80.5 cm³/mol. The van der Waals surface area contributed by atoms with Crippen LogP contribution in [0.1, 0.15) is 43.5 Å². The van der Waals surface area contributed by atoms with E-state index in [1.807, 2.05) is 31.2 Å². The Bertz CT molecular complexity index is 436. The van der Waals surface area contributed by atoms with Crippen molar-refractivity contribution in [2.75, 3.05) is 26.2 Å². The van der Waals surface area contributed by atoms with E-state index in [9.17, 15) is 4.79 Å². The van der Waals surface area contributed by atoms with E-state index in [0.29, 0.717) is 13.0 Å². The summed E-state index contributed by atoms with van der Waals surface area (Å²) in [6.45, 7) is 8.44. The Hall–Kier alpha value is -1.35. The minimum atomic E-state index is 0.153. The summed E-state index contributed by atoms with van der Waals surface area (Å²) in [5.41, 5.74) is 0.720. The van der Waals surface area contributed by atoms with Crippen LogP contribution < -0.4 is 9.64 Å². The smallest absolute Gasteiger partial charge is 0.166 e. The lowest BCUT2D eigenvalue weighted by Gasteiger charge is -2.27. The molecule has 110 valence electrons. The second-order valence-corrected chi connectivity index (χ2v) is 5.80. The van der Waals surface area contributed by atoms with E-state index in [1.54, 1.807) is 4.90 Å². The van der Waals surface area contributed by atoms with Gasteiger partial charge in [-0.2, -0.15) is 0 Å². The first-order valence-corrected chi connectivity index (χ1v) is 7.79. The summed E-state index contributed by atoms with van der Waals surface area (Å²) in [4.78, 5) is 13.5. The van der Waals surface area contributed by atoms with Gasteiger partial charge in [0, 0.05) is 6.42 Å². The van der Waals surface area contributed by atoms with Gasteiger partial charge in [0.05, 0.1) is 18.7 Å². The number of ether oxygens (including phenoxy) is 1. The van der Waals surface area contributed by atoms with Crippen molar-refractivity contribution in [1.29, 1.82) is 0 Å². The van der Waals surface area contributed by atoms with Crippen molar-refractivity contribution in [2.45, 2.75) is 33.1 Å². The number of ketones is 1. The molecular weight excluding hydrogens is 250 g/mol. The van der Waals surface area contributed by atoms with Gasteiger partial charge in [-0.25, -0.2) is 0 Å². The van der Waals surface area contributed by atoms with E-state index in [4.69, 9.17) is 4.74 Å². The molecule has 0 bridgehead atoms. The molecular formula is C17H26NO2+. The van der Waals surface area contributed by atoms with Crippen molar-refractivity contribution in [3.05, 3.63) is 29.8 Å². The summed E-state index contributed by atoms with van der Waals surface area (Å²) in [6.07, 6.45) is 3.16. The lowest BCUT2D eigenvalue weighted by molar-refractivity contribution is -0.906. The van der Waals surface area contributed by atoms with E-state index in [-0.39, 0.29) is 5.78 Å². The average molecular weight is 276 g/mol. The number of hydrogen-bond donors (Lipinski definition) is 1. The molecule has 20 heavy (non-hydrogen) atoms. The van der Waals surface area contributed by atoms with Crippen molar-refractivity contribution in [3.8, 4) is 5.75 Å². The third kappa shape index (κ3) is 4.07. The summed E-state index contributed by atoms with van der Waals surface area (Å²) in [6, 6.07) is 7.58. The van der Waals surface area contributed by atoms with Crippen molar-refractivity contribution in [1.82, 2.24) is 0 Å². The number of carbonyl (C=O) groups excluding carboxylic acids is 1. The first-order chi connectivity index (χ1) is 9.70. The molecule has 0 atom stereocenters. The quantitative estimate of drug-likeness (QED) is 0.805. The number of piperidine rings is 1. The molecule has 1 aromatic carbocycles. The standard InChI is InChI=1S/C17H25NO2/c1-3-16(19)15-6-4-5-7-17(15)20-13-12-18-10-8-14(2)9-11-18/h4-7,14H,3,8-13H2,1-2H3/p+1. The van der Waals surface area contributed by atoms with Crippen molar-refractivity contribution in [3.63, 3.8) is 0 Å². The number of quaternary nitrogens is 1. The van der Waals surface area contributed by atoms with Gasteiger partial charge >= 0.3 is 0 Å². The van der Waals surface area contributed by atoms with Gasteiger partial charge in [0.1, 0.15) is 18.9 Å². The molecule has 3 nitrogen and oxygen atoms in total. The van der Waals surface area contributed by atoms with E-state index in [2.05, 4.69) is 6.92 Å². The van der Waals surface area contributed by atoms with E-state index < -0.39 is 0 Å². The summed E-state index contributed by atoms with van der Waals surface area (Å²) < 4.78 is 5.85. The van der Waals surface area contributed by atoms with Gasteiger partial charge in [-0.3, -0.25) is 4.79 Å². The second-order valence-electron chi connectivity index (χ2n) is 5.80. The monoisotopic (exact) mass is 276 g/mol. The Morgan fingerprint density at radius 1 is 1.30 bits per heavy atom. The van der Waals surface area contributed by atoms with Crippen LogP contribution in [-0.2, 0) is 0 Å². The SMILES string of the molecule is CCC(=O)c1ccccc1OCC[NH+]1CCC(C)CC1. The fraction of sp³-hybridized carbons (Fsp3) is 0.588. The molecule has 1 aromatic rings. The van der Waals surface area contributed by atoms with E-state index in [0.717, 1.165) is 23.8 Å². The Morgan fingerprint density at radius 3 is 2.70 bits per heavy atom. The van der Waals surface area contributed by atoms with Crippen LogP contribution in [0.5, 0.6) is 5.75 Å². The maximum absolute atomic E-state index is 11.8. The number of likely N-dealkylation sites (tertiary alicyclic amines) is 1. The van der Waals surface area contributed by atoms with Gasteiger partial charge in [-0.15, -0.1) is 0 Å². The van der Waals surface area contributed by atoms with Crippen LogP contribution in [0.4, 0.5) is 0 Å². The highest BCUT2D eigenvalue weighted by Gasteiger charge is 2.18. The van der Waals surface area contributed by atoms with Gasteiger partial charge in [0.25, 0.3) is 0 Å². The van der Waals surface area contributed by atoms with Crippen LogP contribution in [0, 0.1) is 5.92 Å². The number of hydrogen-bond acceptors (Lipinski definition) is 2. The fourth-order valence-electron chi connectivity index (χ4n) is 2.74. The fourth-order valence-corrected chi connectivity index (χ4v) is 2.74.